The number of fused-ring (bicyclic) bond motifs is 1. The SMILES string of the molecule is Cc1cccc(C(=O)N[C@H](C(=O)OCCCN2C(=O)c3ccccc3C2=O)C(C)C)c1. The van der Waals surface area contributed by atoms with Crippen LogP contribution in [0.1, 0.15) is 56.9 Å². The first-order valence-electron chi connectivity index (χ1n) is 10.3. The van der Waals surface area contributed by atoms with Crippen molar-refractivity contribution in [2.24, 2.45) is 5.92 Å². The van der Waals surface area contributed by atoms with Gasteiger partial charge in [0.1, 0.15) is 6.04 Å². The number of hydrogen-bond donors (Lipinski definition) is 1. The number of rotatable bonds is 8. The van der Waals surface area contributed by atoms with Crippen LogP contribution in [0.3, 0.4) is 0 Å². The number of carbonyl (C=O) groups excluding carboxylic acids is 4. The lowest BCUT2D eigenvalue weighted by Crippen LogP contribution is -2.45. The second-order valence-corrected chi connectivity index (χ2v) is 7.89. The molecule has 0 fully saturated rings. The summed E-state index contributed by atoms with van der Waals surface area (Å²) in [4.78, 5) is 50.9. The van der Waals surface area contributed by atoms with Crippen LogP contribution in [0.5, 0.6) is 0 Å². The smallest absolute Gasteiger partial charge is 0.328 e. The van der Waals surface area contributed by atoms with Gasteiger partial charge in [-0.05, 0) is 43.5 Å². The maximum atomic E-state index is 12.5. The summed E-state index contributed by atoms with van der Waals surface area (Å²) in [6, 6.07) is 13.0. The third-order valence-electron chi connectivity index (χ3n) is 5.14. The Kier molecular flexibility index (Phi) is 6.84. The van der Waals surface area contributed by atoms with Gasteiger partial charge in [0.05, 0.1) is 17.7 Å². The van der Waals surface area contributed by atoms with E-state index < -0.39 is 12.0 Å². The predicted octanol–water partition coefficient (Wildman–Crippen LogP) is 2.98. The zero-order chi connectivity index (χ0) is 22.5. The molecule has 31 heavy (non-hydrogen) atoms. The second-order valence-electron chi connectivity index (χ2n) is 7.89. The van der Waals surface area contributed by atoms with Crippen LogP contribution in [0.2, 0.25) is 0 Å². The van der Waals surface area contributed by atoms with Crippen LogP contribution in [0.25, 0.3) is 0 Å². The standard InChI is InChI=1S/C24H26N2O5/c1-15(2)20(25-21(27)17-9-6-8-16(3)14-17)24(30)31-13-7-12-26-22(28)18-10-4-5-11-19(18)23(26)29/h4-6,8-11,14-15,20H,7,12-13H2,1-3H3,(H,25,27)/t20-/m0/s1. The number of imide groups is 1. The van der Waals surface area contributed by atoms with Crippen molar-refractivity contribution < 1.29 is 23.9 Å². The van der Waals surface area contributed by atoms with Crippen molar-refractivity contribution in [1.82, 2.24) is 10.2 Å². The van der Waals surface area contributed by atoms with Crippen molar-refractivity contribution in [2.75, 3.05) is 13.2 Å². The van der Waals surface area contributed by atoms with E-state index in [2.05, 4.69) is 5.32 Å². The Morgan fingerprint density at radius 2 is 1.65 bits per heavy atom. The minimum Gasteiger partial charge on any atom is -0.464 e. The summed E-state index contributed by atoms with van der Waals surface area (Å²) >= 11 is 0. The molecule has 3 amide bonds. The van der Waals surface area contributed by atoms with Gasteiger partial charge >= 0.3 is 5.97 Å². The van der Waals surface area contributed by atoms with E-state index in [-0.39, 0.29) is 36.8 Å². The van der Waals surface area contributed by atoms with E-state index in [0.29, 0.717) is 23.1 Å². The molecule has 1 aliphatic heterocycles. The van der Waals surface area contributed by atoms with Gasteiger partial charge in [0.25, 0.3) is 17.7 Å². The van der Waals surface area contributed by atoms with E-state index in [1.807, 2.05) is 26.8 Å². The first-order valence-corrected chi connectivity index (χ1v) is 10.3. The summed E-state index contributed by atoms with van der Waals surface area (Å²) in [6.45, 7) is 5.72. The van der Waals surface area contributed by atoms with Gasteiger partial charge in [-0.15, -0.1) is 0 Å². The molecule has 0 radical (unpaired) electrons. The number of ether oxygens (including phenoxy) is 1. The lowest BCUT2D eigenvalue weighted by atomic mass is 10.0. The molecule has 1 N–H and O–H groups in total. The molecule has 0 spiro atoms. The molecule has 2 aromatic rings. The number of amides is 3. The first kappa shape index (κ1) is 22.2. The summed E-state index contributed by atoms with van der Waals surface area (Å²) in [5, 5.41) is 2.74. The topological polar surface area (TPSA) is 92.8 Å². The monoisotopic (exact) mass is 422 g/mol. The van der Waals surface area contributed by atoms with Gasteiger partial charge in [0, 0.05) is 12.1 Å². The van der Waals surface area contributed by atoms with Gasteiger partial charge in [-0.3, -0.25) is 19.3 Å². The van der Waals surface area contributed by atoms with E-state index in [0.717, 1.165) is 10.5 Å². The Hall–Kier alpha value is -3.48. The zero-order valence-electron chi connectivity index (χ0n) is 17.9. The number of benzene rings is 2. The molecule has 0 saturated heterocycles. The third kappa shape index (κ3) is 4.99. The number of hydrogen-bond acceptors (Lipinski definition) is 5. The Morgan fingerprint density at radius 3 is 2.23 bits per heavy atom. The third-order valence-corrected chi connectivity index (χ3v) is 5.14. The summed E-state index contributed by atoms with van der Waals surface area (Å²) in [5.74, 6) is -1.73. The fourth-order valence-corrected chi connectivity index (χ4v) is 3.44. The molecular formula is C24H26N2O5. The fraction of sp³-hybridized carbons (Fsp3) is 0.333. The largest absolute Gasteiger partial charge is 0.464 e. The summed E-state index contributed by atoms with van der Waals surface area (Å²) in [6.07, 6.45) is 0.313. The number of carbonyl (C=O) groups is 4. The molecule has 7 heteroatoms. The second kappa shape index (κ2) is 9.55. The molecular weight excluding hydrogens is 396 g/mol. The highest BCUT2D eigenvalue weighted by Gasteiger charge is 2.34. The highest BCUT2D eigenvalue weighted by Crippen LogP contribution is 2.22. The summed E-state index contributed by atoms with van der Waals surface area (Å²) < 4.78 is 5.33. The van der Waals surface area contributed by atoms with Crippen LogP contribution in [0.4, 0.5) is 0 Å². The van der Waals surface area contributed by atoms with Gasteiger partial charge in [-0.1, -0.05) is 43.7 Å². The van der Waals surface area contributed by atoms with Crippen molar-refractivity contribution in [2.45, 2.75) is 33.2 Å². The van der Waals surface area contributed by atoms with Crippen molar-refractivity contribution in [1.29, 1.82) is 0 Å². The minimum atomic E-state index is -0.799. The molecule has 1 aliphatic rings. The van der Waals surface area contributed by atoms with Crippen molar-refractivity contribution >= 4 is 23.7 Å². The van der Waals surface area contributed by atoms with Crippen LogP contribution >= 0.6 is 0 Å². The lowest BCUT2D eigenvalue weighted by Gasteiger charge is -2.21. The minimum absolute atomic E-state index is 0.0375. The molecule has 7 nitrogen and oxygen atoms in total. The Balaban J connectivity index is 1.51. The van der Waals surface area contributed by atoms with Crippen LogP contribution in [0, 0.1) is 12.8 Å². The quantitative estimate of drug-likeness (QED) is 0.401. The van der Waals surface area contributed by atoms with Gasteiger partial charge in [0.2, 0.25) is 0 Å². The molecule has 0 aromatic heterocycles. The molecule has 1 atom stereocenters. The van der Waals surface area contributed by atoms with Gasteiger partial charge in [0.15, 0.2) is 0 Å². The lowest BCUT2D eigenvalue weighted by molar-refractivity contribution is -0.147. The van der Waals surface area contributed by atoms with Gasteiger partial charge < -0.3 is 10.1 Å². The van der Waals surface area contributed by atoms with Crippen molar-refractivity contribution in [3.8, 4) is 0 Å². The van der Waals surface area contributed by atoms with Crippen LogP contribution in [-0.2, 0) is 9.53 Å². The number of nitrogens with zero attached hydrogens (tertiary/aromatic N) is 1. The molecule has 3 rings (SSSR count). The summed E-state index contributed by atoms with van der Waals surface area (Å²) in [7, 11) is 0. The summed E-state index contributed by atoms with van der Waals surface area (Å²) in [5.41, 5.74) is 2.21. The molecule has 0 bridgehead atoms. The zero-order valence-corrected chi connectivity index (χ0v) is 17.9. The van der Waals surface area contributed by atoms with E-state index in [9.17, 15) is 19.2 Å². The number of nitrogens with one attached hydrogen (secondary N) is 1. The Morgan fingerprint density at radius 1 is 1.00 bits per heavy atom. The maximum Gasteiger partial charge on any atom is 0.328 e. The molecule has 1 heterocycles. The van der Waals surface area contributed by atoms with E-state index >= 15 is 0 Å². The number of esters is 1. The van der Waals surface area contributed by atoms with Crippen LogP contribution in [-0.4, -0.2) is 47.8 Å². The normalized spacial score (nSPS) is 13.9. The van der Waals surface area contributed by atoms with E-state index in [1.54, 1.807) is 42.5 Å². The van der Waals surface area contributed by atoms with Crippen LogP contribution in [0.15, 0.2) is 48.5 Å². The van der Waals surface area contributed by atoms with Crippen molar-refractivity contribution in [3.05, 3.63) is 70.8 Å². The average molecular weight is 422 g/mol. The highest BCUT2D eigenvalue weighted by molar-refractivity contribution is 6.21. The van der Waals surface area contributed by atoms with E-state index in [1.165, 1.54) is 0 Å². The molecule has 2 aromatic carbocycles. The van der Waals surface area contributed by atoms with E-state index in [4.69, 9.17) is 4.74 Å². The first-order chi connectivity index (χ1) is 14.8. The molecule has 0 saturated carbocycles. The number of aryl methyl sites for hydroxylation is 1. The molecule has 0 unspecified atom stereocenters. The average Bonchev–Trinajstić information content (AvgIpc) is 2.99. The fourth-order valence-electron chi connectivity index (χ4n) is 3.44. The Bertz CT molecular complexity index is 980. The van der Waals surface area contributed by atoms with Gasteiger partial charge in [-0.2, -0.15) is 0 Å². The highest BCUT2D eigenvalue weighted by atomic mass is 16.5. The van der Waals surface area contributed by atoms with Crippen molar-refractivity contribution in [3.63, 3.8) is 0 Å². The van der Waals surface area contributed by atoms with Gasteiger partial charge in [-0.25, -0.2) is 4.79 Å². The van der Waals surface area contributed by atoms with Crippen LogP contribution < -0.4 is 5.32 Å². The molecule has 0 aliphatic carbocycles. The Labute approximate surface area is 181 Å². The predicted molar refractivity (Wildman–Crippen MR) is 115 cm³/mol. The molecule has 162 valence electrons. The maximum absolute atomic E-state index is 12.5.